The van der Waals surface area contributed by atoms with Gasteiger partial charge in [0, 0.05) is 12.8 Å². The van der Waals surface area contributed by atoms with Crippen LogP contribution in [0.1, 0.15) is 31.7 Å². The van der Waals surface area contributed by atoms with Crippen LogP contribution in [0.25, 0.3) is 0 Å². The highest BCUT2D eigenvalue weighted by Gasteiger charge is 2.42. The van der Waals surface area contributed by atoms with Gasteiger partial charge < -0.3 is 4.74 Å². The van der Waals surface area contributed by atoms with Gasteiger partial charge in [0.1, 0.15) is 6.61 Å². The normalized spacial score (nSPS) is 25.8. The van der Waals surface area contributed by atoms with Crippen LogP contribution in [-0.2, 0) is 16.1 Å². The third-order valence-electron chi connectivity index (χ3n) is 3.44. The van der Waals surface area contributed by atoms with E-state index in [2.05, 4.69) is 0 Å². The Kier molecular flexibility index (Phi) is 4.17. The molecule has 0 N–H and O–H groups in total. The van der Waals surface area contributed by atoms with Crippen molar-refractivity contribution in [3.63, 3.8) is 0 Å². The number of rotatable bonds is 3. The van der Waals surface area contributed by atoms with Crippen molar-refractivity contribution in [2.75, 3.05) is 0 Å². The number of carbonyl (C=O) groups excluding carboxylic acids is 1. The fourth-order valence-electron chi connectivity index (χ4n) is 2.63. The SMILES string of the molecule is CC1CC(C(=O)OCc2ccccc2)CC(F)(F)C1. The lowest BCUT2D eigenvalue weighted by molar-refractivity contribution is -0.159. The molecule has 1 aromatic carbocycles. The van der Waals surface area contributed by atoms with E-state index in [-0.39, 0.29) is 25.4 Å². The average Bonchev–Trinajstić information content (AvgIpc) is 2.34. The summed E-state index contributed by atoms with van der Waals surface area (Å²) in [5.41, 5.74) is 0.867. The monoisotopic (exact) mass is 268 g/mol. The minimum atomic E-state index is -2.74. The number of hydrogen-bond acceptors (Lipinski definition) is 2. The van der Waals surface area contributed by atoms with Gasteiger partial charge in [-0.2, -0.15) is 0 Å². The fourth-order valence-corrected chi connectivity index (χ4v) is 2.63. The highest BCUT2D eigenvalue weighted by Crippen LogP contribution is 2.40. The number of alkyl halides is 2. The molecule has 2 unspecified atom stereocenters. The maximum atomic E-state index is 13.4. The molecule has 0 amide bonds. The van der Waals surface area contributed by atoms with E-state index in [0.717, 1.165) is 5.56 Å². The van der Waals surface area contributed by atoms with E-state index in [1.54, 1.807) is 6.92 Å². The van der Waals surface area contributed by atoms with E-state index < -0.39 is 17.8 Å². The molecule has 2 rings (SSSR count). The molecule has 1 saturated carbocycles. The van der Waals surface area contributed by atoms with Gasteiger partial charge in [-0.05, 0) is 17.9 Å². The van der Waals surface area contributed by atoms with Gasteiger partial charge in [0.25, 0.3) is 0 Å². The zero-order valence-electron chi connectivity index (χ0n) is 10.9. The second-order valence-electron chi connectivity index (χ2n) is 5.40. The summed E-state index contributed by atoms with van der Waals surface area (Å²) in [4.78, 5) is 11.8. The van der Waals surface area contributed by atoms with Crippen molar-refractivity contribution in [1.82, 2.24) is 0 Å². The number of halogens is 2. The average molecular weight is 268 g/mol. The van der Waals surface area contributed by atoms with Gasteiger partial charge in [-0.1, -0.05) is 37.3 Å². The number of hydrogen-bond donors (Lipinski definition) is 0. The molecule has 0 aromatic heterocycles. The second kappa shape index (κ2) is 5.68. The van der Waals surface area contributed by atoms with E-state index >= 15 is 0 Å². The highest BCUT2D eigenvalue weighted by molar-refractivity contribution is 5.72. The topological polar surface area (TPSA) is 26.3 Å². The lowest BCUT2D eigenvalue weighted by atomic mass is 9.80. The van der Waals surface area contributed by atoms with E-state index in [4.69, 9.17) is 4.74 Å². The van der Waals surface area contributed by atoms with Crippen molar-refractivity contribution >= 4 is 5.97 Å². The number of ether oxygens (including phenoxy) is 1. The van der Waals surface area contributed by atoms with Crippen LogP contribution in [-0.4, -0.2) is 11.9 Å². The molecule has 0 spiro atoms. The Hall–Kier alpha value is -1.45. The van der Waals surface area contributed by atoms with Crippen LogP contribution in [0.3, 0.4) is 0 Å². The maximum Gasteiger partial charge on any atom is 0.309 e. The van der Waals surface area contributed by atoms with Crippen LogP contribution in [0.2, 0.25) is 0 Å². The van der Waals surface area contributed by atoms with Crippen LogP contribution in [0.15, 0.2) is 30.3 Å². The lowest BCUT2D eigenvalue weighted by Gasteiger charge is -2.31. The highest BCUT2D eigenvalue weighted by atomic mass is 19.3. The summed E-state index contributed by atoms with van der Waals surface area (Å²) < 4.78 is 32.0. The van der Waals surface area contributed by atoms with Gasteiger partial charge in [0.15, 0.2) is 0 Å². The molecule has 1 aliphatic rings. The molecule has 19 heavy (non-hydrogen) atoms. The van der Waals surface area contributed by atoms with Crippen molar-refractivity contribution in [2.24, 2.45) is 11.8 Å². The first-order valence-electron chi connectivity index (χ1n) is 6.55. The molecule has 2 atom stereocenters. The molecule has 104 valence electrons. The Balaban J connectivity index is 1.89. The van der Waals surface area contributed by atoms with Crippen LogP contribution >= 0.6 is 0 Å². The molecule has 1 fully saturated rings. The minimum Gasteiger partial charge on any atom is -0.461 e. The molecule has 0 bridgehead atoms. The second-order valence-corrected chi connectivity index (χ2v) is 5.40. The number of benzene rings is 1. The molecular weight excluding hydrogens is 250 g/mol. The van der Waals surface area contributed by atoms with Gasteiger partial charge in [0.05, 0.1) is 5.92 Å². The summed E-state index contributed by atoms with van der Waals surface area (Å²) >= 11 is 0. The van der Waals surface area contributed by atoms with Crippen molar-refractivity contribution in [1.29, 1.82) is 0 Å². The van der Waals surface area contributed by atoms with Gasteiger partial charge >= 0.3 is 5.97 Å². The van der Waals surface area contributed by atoms with Gasteiger partial charge in [0.2, 0.25) is 5.92 Å². The van der Waals surface area contributed by atoms with Gasteiger partial charge in [-0.3, -0.25) is 4.79 Å². The minimum absolute atomic E-state index is 0.129. The Morgan fingerprint density at radius 2 is 2.00 bits per heavy atom. The summed E-state index contributed by atoms with van der Waals surface area (Å²) in [6, 6.07) is 9.24. The molecule has 4 heteroatoms. The van der Waals surface area contributed by atoms with Gasteiger partial charge in [-0.25, -0.2) is 8.78 Å². The summed E-state index contributed by atoms with van der Waals surface area (Å²) in [6.07, 6.45) is -0.0242. The zero-order chi connectivity index (χ0) is 13.9. The molecule has 0 radical (unpaired) electrons. The first-order valence-corrected chi connectivity index (χ1v) is 6.55. The molecular formula is C15H18F2O2. The maximum absolute atomic E-state index is 13.4. The predicted octanol–water partition coefficient (Wildman–Crippen LogP) is 3.80. The predicted molar refractivity (Wildman–Crippen MR) is 67.7 cm³/mol. The quantitative estimate of drug-likeness (QED) is 0.779. The third-order valence-corrected chi connectivity index (χ3v) is 3.44. The standard InChI is InChI=1S/C15H18F2O2/c1-11-7-13(9-15(16,17)8-11)14(18)19-10-12-5-3-2-4-6-12/h2-6,11,13H,7-10H2,1H3. The van der Waals surface area contributed by atoms with Crippen molar-refractivity contribution < 1.29 is 18.3 Å². The molecule has 0 heterocycles. The van der Waals surface area contributed by atoms with Crippen molar-refractivity contribution in [2.45, 2.75) is 38.7 Å². The summed E-state index contributed by atoms with van der Waals surface area (Å²) in [5.74, 6) is -4.07. The summed E-state index contributed by atoms with van der Waals surface area (Å²) in [6.45, 7) is 1.90. The number of esters is 1. The molecule has 0 saturated heterocycles. The first-order chi connectivity index (χ1) is 8.96. The first kappa shape index (κ1) is 14.0. The van der Waals surface area contributed by atoms with Crippen LogP contribution in [0, 0.1) is 11.8 Å². The van der Waals surface area contributed by atoms with E-state index in [1.807, 2.05) is 30.3 Å². The van der Waals surface area contributed by atoms with Crippen LogP contribution < -0.4 is 0 Å². The lowest BCUT2D eigenvalue weighted by Crippen LogP contribution is -2.35. The van der Waals surface area contributed by atoms with E-state index in [0.29, 0.717) is 6.42 Å². The Morgan fingerprint density at radius 3 is 2.63 bits per heavy atom. The third kappa shape index (κ3) is 4.01. The summed E-state index contributed by atoms with van der Waals surface area (Å²) in [5, 5.41) is 0. The van der Waals surface area contributed by atoms with Crippen LogP contribution in [0.4, 0.5) is 8.78 Å². The Bertz CT molecular complexity index is 431. The molecule has 1 aliphatic carbocycles. The smallest absolute Gasteiger partial charge is 0.309 e. The molecule has 2 nitrogen and oxygen atoms in total. The van der Waals surface area contributed by atoms with Crippen LogP contribution in [0.5, 0.6) is 0 Å². The Morgan fingerprint density at radius 1 is 1.32 bits per heavy atom. The number of carbonyl (C=O) groups is 1. The van der Waals surface area contributed by atoms with Gasteiger partial charge in [-0.15, -0.1) is 0 Å². The van der Waals surface area contributed by atoms with E-state index in [9.17, 15) is 13.6 Å². The van der Waals surface area contributed by atoms with E-state index in [1.165, 1.54) is 0 Å². The van der Waals surface area contributed by atoms with Crippen molar-refractivity contribution in [3.8, 4) is 0 Å². The van der Waals surface area contributed by atoms with Crippen molar-refractivity contribution in [3.05, 3.63) is 35.9 Å². The Labute approximate surface area is 111 Å². The largest absolute Gasteiger partial charge is 0.461 e. The fraction of sp³-hybridized carbons (Fsp3) is 0.533. The molecule has 1 aromatic rings. The molecule has 0 aliphatic heterocycles. The summed E-state index contributed by atoms with van der Waals surface area (Å²) in [7, 11) is 0. The zero-order valence-corrected chi connectivity index (χ0v) is 10.9.